The van der Waals surface area contributed by atoms with Crippen molar-refractivity contribution in [3.8, 4) is 23.0 Å². The molecule has 0 spiro atoms. The lowest BCUT2D eigenvalue weighted by molar-refractivity contribution is -0.214. The number of ether oxygens (including phenoxy) is 5. The van der Waals surface area contributed by atoms with Crippen molar-refractivity contribution in [2.24, 2.45) is 0 Å². The highest BCUT2D eigenvalue weighted by molar-refractivity contribution is 6.42. The van der Waals surface area contributed by atoms with Crippen molar-refractivity contribution in [3.05, 3.63) is 46.5 Å². The Morgan fingerprint density at radius 1 is 1.06 bits per heavy atom. The highest BCUT2D eigenvalue weighted by atomic mass is 19.1. The topological polar surface area (TPSA) is 107 Å². The van der Waals surface area contributed by atoms with Crippen LogP contribution in [0.1, 0.15) is 28.4 Å². The van der Waals surface area contributed by atoms with Gasteiger partial charge in [0.2, 0.25) is 0 Å². The van der Waals surface area contributed by atoms with Crippen LogP contribution in [-0.2, 0) is 16.4 Å². The number of halogens is 1. The van der Waals surface area contributed by atoms with Gasteiger partial charge in [-0.1, -0.05) is 6.07 Å². The summed E-state index contributed by atoms with van der Waals surface area (Å²) in [6, 6.07) is 7.64. The maximum atomic E-state index is 14.4. The summed E-state index contributed by atoms with van der Waals surface area (Å²) >= 11 is 0. The number of aliphatic hydroxyl groups excluding tert-OH is 3. The summed E-state index contributed by atoms with van der Waals surface area (Å²) in [5.74, 6) is 2.51. The average Bonchev–Trinajstić information content (AvgIpc) is 3.36. The van der Waals surface area contributed by atoms with Crippen molar-refractivity contribution in [2.75, 3.05) is 33.5 Å². The van der Waals surface area contributed by atoms with Gasteiger partial charge < -0.3 is 39.0 Å². The third kappa shape index (κ3) is 3.94. The molecule has 0 aliphatic carbocycles. The van der Waals surface area contributed by atoms with Gasteiger partial charge in [0.25, 0.3) is 0 Å². The predicted octanol–water partition coefficient (Wildman–Crippen LogP) is -0.639. The van der Waals surface area contributed by atoms with Gasteiger partial charge in [-0.05, 0) is 34.5 Å². The second-order valence-electron chi connectivity index (χ2n) is 9.64. The zero-order chi connectivity index (χ0) is 24.9. The van der Waals surface area contributed by atoms with Crippen LogP contribution in [0.3, 0.4) is 0 Å². The molecule has 186 valence electrons. The van der Waals surface area contributed by atoms with Crippen molar-refractivity contribution < 1.29 is 43.4 Å². The molecule has 1 saturated heterocycles. The van der Waals surface area contributed by atoms with Crippen LogP contribution in [0.4, 0.5) is 4.39 Å². The molecular weight excluding hydrogens is 457 g/mol. The number of hydrogen-bond donors (Lipinski definition) is 3. The van der Waals surface area contributed by atoms with E-state index in [1.165, 1.54) is 7.11 Å². The van der Waals surface area contributed by atoms with E-state index >= 15 is 0 Å². The number of aliphatic hydroxyl groups is 3. The second-order valence-corrected chi connectivity index (χ2v) is 9.64. The molecule has 0 saturated carbocycles. The molecule has 35 heavy (non-hydrogen) atoms. The Bertz CT molecular complexity index is 1110. The lowest BCUT2D eigenvalue weighted by atomic mass is 9.47. The number of rotatable bonds is 5. The number of hydrogen-bond acceptors (Lipinski definition) is 8. The largest absolute Gasteiger partial charge is 0.496 e. The van der Waals surface area contributed by atoms with E-state index in [1.54, 1.807) is 0 Å². The standard InChI is InChI=1S/C24H29B2FO8/c1-31-21-12-4-5-34-22(12)14(9-13(21)23-20(30)19(29)18(27)17(10-28)35-23)24(25,26)11-2-3-15-16(8-11)33-7-6-32-15/h2-3,8-9,17-20,23,28-30H,4-7,10,25-26H2,1H3/t17-,18-,19+,20-,23+/m1/s1. The van der Waals surface area contributed by atoms with Gasteiger partial charge >= 0.3 is 0 Å². The first-order valence-corrected chi connectivity index (χ1v) is 11.8. The highest BCUT2D eigenvalue weighted by Crippen LogP contribution is 2.49. The van der Waals surface area contributed by atoms with Crippen LogP contribution in [0.2, 0.25) is 0 Å². The Kier molecular flexibility index (Phi) is 6.37. The summed E-state index contributed by atoms with van der Waals surface area (Å²) in [5.41, 5.74) is 3.07. The molecule has 11 heteroatoms. The molecule has 3 aliphatic heterocycles. The van der Waals surface area contributed by atoms with Crippen LogP contribution >= 0.6 is 0 Å². The Hall–Kier alpha value is -2.46. The van der Waals surface area contributed by atoms with Gasteiger partial charge in [-0.2, -0.15) is 0 Å². The zero-order valence-corrected chi connectivity index (χ0v) is 20.0. The predicted molar refractivity (Wildman–Crippen MR) is 129 cm³/mol. The Morgan fingerprint density at radius 2 is 1.80 bits per heavy atom. The monoisotopic (exact) mass is 486 g/mol. The fourth-order valence-electron chi connectivity index (χ4n) is 5.21. The number of alkyl halides is 1. The number of methoxy groups -OCH3 is 1. The minimum atomic E-state index is -1.91. The van der Waals surface area contributed by atoms with Crippen LogP contribution in [0.25, 0.3) is 0 Å². The smallest absolute Gasteiger partial charge is 0.161 e. The summed E-state index contributed by atoms with van der Waals surface area (Å²) in [4.78, 5) is 0. The van der Waals surface area contributed by atoms with Crippen LogP contribution < -0.4 is 18.9 Å². The van der Waals surface area contributed by atoms with Crippen LogP contribution in [-0.4, -0.2) is 89.0 Å². The van der Waals surface area contributed by atoms with Crippen molar-refractivity contribution in [1.82, 2.24) is 0 Å². The van der Waals surface area contributed by atoms with Gasteiger partial charge in [0, 0.05) is 17.5 Å². The lowest BCUT2D eigenvalue weighted by Gasteiger charge is -2.40. The Morgan fingerprint density at radius 3 is 2.51 bits per heavy atom. The third-order valence-corrected chi connectivity index (χ3v) is 7.24. The maximum Gasteiger partial charge on any atom is 0.161 e. The van der Waals surface area contributed by atoms with E-state index in [-0.39, 0.29) is 0 Å². The minimum Gasteiger partial charge on any atom is -0.496 e. The average molecular weight is 486 g/mol. The van der Waals surface area contributed by atoms with Crippen LogP contribution in [0, 0.1) is 0 Å². The van der Waals surface area contributed by atoms with Crippen molar-refractivity contribution in [2.45, 2.75) is 42.2 Å². The summed E-state index contributed by atoms with van der Waals surface area (Å²) in [6.45, 7) is 0.807. The Balaban J connectivity index is 1.64. The molecule has 8 nitrogen and oxygen atoms in total. The summed E-state index contributed by atoms with van der Waals surface area (Å²) < 4.78 is 43.4. The van der Waals surface area contributed by atoms with E-state index < -0.39 is 42.4 Å². The SMILES string of the molecule is BC(B)(c1ccc2c(c1)OCCO2)c1cc([C@@H]2O[C@H](CO)[C@@H](F)[C@H](O)[C@H]2O)c(OC)c2c1OCC2. The van der Waals surface area contributed by atoms with Gasteiger partial charge in [-0.15, -0.1) is 0 Å². The quantitative estimate of drug-likeness (QED) is 0.480. The normalized spacial score (nSPS) is 27.7. The Labute approximate surface area is 204 Å². The molecule has 0 bridgehead atoms. The zero-order valence-electron chi connectivity index (χ0n) is 20.0. The minimum absolute atomic E-state index is 0.460. The molecule has 3 N–H and O–H groups in total. The van der Waals surface area contributed by atoms with E-state index in [0.717, 1.165) is 16.7 Å². The van der Waals surface area contributed by atoms with Gasteiger partial charge in [0.15, 0.2) is 17.7 Å². The van der Waals surface area contributed by atoms with Gasteiger partial charge in [0.05, 0.1) is 20.3 Å². The molecule has 0 aromatic heterocycles. The molecule has 1 fully saturated rings. The van der Waals surface area contributed by atoms with Crippen molar-refractivity contribution in [1.29, 1.82) is 0 Å². The molecule has 5 rings (SSSR count). The molecule has 2 aromatic rings. The van der Waals surface area contributed by atoms with E-state index in [1.807, 2.05) is 40.0 Å². The van der Waals surface area contributed by atoms with Crippen molar-refractivity contribution in [3.63, 3.8) is 0 Å². The molecule has 2 aromatic carbocycles. The highest BCUT2D eigenvalue weighted by Gasteiger charge is 2.47. The lowest BCUT2D eigenvalue weighted by Crippen LogP contribution is -2.53. The molecule has 5 atom stereocenters. The van der Waals surface area contributed by atoms with E-state index in [4.69, 9.17) is 23.7 Å². The fourth-order valence-corrected chi connectivity index (χ4v) is 5.21. The summed E-state index contributed by atoms with van der Waals surface area (Å²) in [6.07, 6.45) is -6.98. The molecule has 3 heterocycles. The van der Waals surface area contributed by atoms with Gasteiger partial charge in [-0.3, -0.25) is 0 Å². The molecule has 3 aliphatic rings. The molecule has 0 unspecified atom stereocenters. The van der Waals surface area contributed by atoms with E-state index in [0.29, 0.717) is 54.8 Å². The van der Waals surface area contributed by atoms with Gasteiger partial charge in [-0.25, -0.2) is 4.39 Å². The molecular formula is C24H29B2FO8. The van der Waals surface area contributed by atoms with Crippen molar-refractivity contribution >= 4 is 15.7 Å². The third-order valence-electron chi connectivity index (χ3n) is 7.24. The first-order chi connectivity index (χ1) is 16.8. The first kappa shape index (κ1) is 24.2. The first-order valence-electron chi connectivity index (χ1n) is 11.8. The summed E-state index contributed by atoms with van der Waals surface area (Å²) in [7, 11) is 5.61. The van der Waals surface area contributed by atoms with Crippen LogP contribution in [0.5, 0.6) is 23.0 Å². The fraction of sp³-hybridized carbons (Fsp3) is 0.500. The maximum absolute atomic E-state index is 14.4. The van der Waals surface area contributed by atoms with E-state index in [9.17, 15) is 19.7 Å². The van der Waals surface area contributed by atoms with Crippen LogP contribution in [0.15, 0.2) is 24.3 Å². The number of benzene rings is 2. The second kappa shape index (κ2) is 9.20. The number of fused-ring (bicyclic) bond motifs is 2. The van der Waals surface area contributed by atoms with E-state index in [2.05, 4.69) is 0 Å². The molecule has 0 radical (unpaired) electrons. The van der Waals surface area contributed by atoms with Gasteiger partial charge in [0.1, 0.15) is 64.8 Å². The molecule has 0 amide bonds. The summed E-state index contributed by atoms with van der Waals surface area (Å²) in [5, 5.41) is 30.2.